The number of ether oxygens (including phenoxy) is 1. The number of aromatic nitrogens is 2. The van der Waals surface area contributed by atoms with Crippen LogP contribution in [-0.2, 0) is 16.6 Å². The van der Waals surface area contributed by atoms with Crippen LogP contribution in [0.1, 0.15) is 16.1 Å². The van der Waals surface area contributed by atoms with Crippen molar-refractivity contribution in [3.8, 4) is 5.88 Å². The van der Waals surface area contributed by atoms with Crippen molar-refractivity contribution in [3.05, 3.63) is 72.6 Å². The van der Waals surface area contributed by atoms with Gasteiger partial charge in [-0.15, -0.1) is 0 Å². The number of likely N-dealkylation sites (tertiary alicyclic amines) is 1. The van der Waals surface area contributed by atoms with Crippen LogP contribution in [-0.4, -0.2) is 58.7 Å². The Labute approximate surface area is 173 Å². The minimum Gasteiger partial charge on any atom is -0.472 e. The molecule has 154 valence electrons. The molecular weight excluding hydrogens is 408 g/mol. The number of hydrogen-bond acceptors (Lipinski definition) is 7. The summed E-state index contributed by atoms with van der Waals surface area (Å²) in [6.07, 6.45) is 5.34. The van der Waals surface area contributed by atoms with Crippen LogP contribution in [0.3, 0.4) is 0 Å². The Bertz CT molecular complexity index is 1170. The lowest BCUT2D eigenvalue weighted by atomic mass is 10.2. The number of rotatable bonds is 3. The van der Waals surface area contributed by atoms with Crippen molar-refractivity contribution in [2.24, 2.45) is 0 Å². The summed E-state index contributed by atoms with van der Waals surface area (Å²) < 4.78 is 39.5. The van der Waals surface area contributed by atoms with E-state index in [1.54, 1.807) is 41.4 Å². The minimum absolute atomic E-state index is 0.0167. The monoisotopic (exact) mass is 426 g/mol. The van der Waals surface area contributed by atoms with Crippen molar-refractivity contribution in [2.75, 3.05) is 13.1 Å². The van der Waals surface area contributed by atoms with Crippen molar-refractivity contribution < 1.29 is 22.4 Å². The molecular formula is C20H18N4O5S. The lowest BCUT2D eigenvalue weighted by Crippen LogP contribution is -2.46. The average Bonchev–Trinajstić information content (AvgIpc) is 3.41. The van der Waals surface area contributed by atoms with Gasteiger partial charge in [-0.25, -0.2) is 13.4 Å². The van der Waals surface area contributed by atoms with Gasteiger partial charge in [0.2, 0.25) is 15.9 Å². The van der Waals surface area contributed by atoms with Crippen molar-refractivity contribution in [1.29, 1.82) is 0 Å². The van der Waals surface area contributed by atoms with Gasteiger partial charge in [0.1, 0.15) is 17.3 Å². The highest BCUT2D eigenvalue weighted by Crippen LogP contribution is 2.35. The fourth-order valence-electron chi connectivity index (χ4n) is 3.85. The Morgan fingerprint density at radius 2 is 1.97 bits per heavy atom. The van der Waals surface area contributed by atoms with Crippen LogP contribution in [0.15, 0.2) is 70.6 Å². The molecule has 1 fully saturated rings. The SMILES string of the molecule is O=C(c1ccoc1)N1C[C@H]2Oc3ncccc3S(=O)(=O)N(Cc3ccccn3)[C@H]2C1. The molecule has 0 bridgehead atoms. The normalized spacial score (nSPS) is 22.6. The molecule has 5 heterocycles. The lowest BCUT2D eigenvalue weighted by molar-refractivity contribution is 0.0769. The maximum absolute atomic E-state index is 13.5. The van der Waals surface area contributed by atoms with E-state index in [-0.39, 0.29) is 36.3 Å². The lowest BCUT2D eigenvalue weighted by Gasteiger charge is -2.27. The number of fused-ring (bicyclic) bond motifs is 2. The molecule has 0 aliphatic carbocycles. The van der Waals surface area contributed by atoms with Crippen LogP contribution < -0.4 is 4.74 Å². The second-order valence-corrected chi connectivity index (χ2v) is 8.98. The van der Waals surface area contributed by atoms with E-state index in [4.69, 9.17) is 9.15 Å². The summed E-state index contributed by atoms with van der Waals surface area (Å²) in [5.74, 6) is -0.189. The number of amides is 1. The number of sulfonamides is 1. The molecule has 1 saturated heterocycles. The fraction of sp³-hybridized carbons (Fsp3) is 0.250. The van der Waals surface area contributed by atoms with Gasteiger partial charge in [-0.05, 0) is 30.3 Å². The van der Waals surface area contributed by atoms with Crippen LogP contribution in [0.5, 0.6) is 5.88 Å². The zero-order valence-corrected chi connectivity index (χ0v) is 16.6. The third kappa shape index (κ3) is 3.14. The molecule has 0 radical (unpaired) electrons. The van der Waals surface area contributed by atoms with Gasteiger partial charge in [0.05, 0.1) is 36.7 Å². The summed E-state index contributed by atoms with van der Waals surface area (Å²) in [5, 5.41) is 0. The second-order valence-electron chi connectivity index (χ2n) is 7.12. The van der Waals surface area contributed by atoms with Gasteiger partial charge in [0.15, 0.2) is 0 Å². The summed E-state index contributed by atoms with van der Waals surface area (Å²) >= 11 is 0. The van der Waals surface area contributed by atoms with Gasteiger partial charge < -0.3 is 14.1 Å². The van der Waals surface area contributed by atoms with Crippen molar-refractivity contribution in [3.63, 3.8) is 0 Å². The van der Waals surface area contributed by atoms with Gasteiger partial charge in [-0.2, -0.15) is 4.31 Å². The van der Waals surface area contributed by atoms with Gasteiger partial charge >= 0.3 is 0 Å². The molecule has 0 spiro atoms. The summed E-state index contributed by atoms with van der Waals surface area (Å²) in [4.78, 5) is 22.8. The topological polar surface area (TPSA) is 106 Å². The van der Waals surface area contributed by atoms with E-state index in [2.05, 4.69) is 9.97 Å². The van der Waals surface area contributed by atoms with E-state index in [0.717, 1.165) is 0 Å². The van der Waals surface area contributed by atoms with E-state index in [1.165, 1.54) is 29.1 Å². The molecule has 2 aliphatic rings. The number of furan rings is 1. The zero-order chi connectivity index (χ0) is 20.7. The molecule has 0 aromatic carbocycles. The Morgan fingerprint density at radius 1 is 1.10 bits per heavy atom. The highest BCUT2D eigenvalue weighted by molar-refractivity contribution is 7.89. The Kier molecular flexibility index (Phi) is 4.52. The van der Waals surface area contributed by atoms with Crippen LogP contribution in [0.25, 0.3) is 0 Å². The van der Waals surface area contributed by atoms with Crippen LogP contribution in [0.2, 0.25) is 0 Å². The summed E-state index contributed by atoms with van der Waals surface area (Å²) in [7, 11) is -3.93. The number of pyridine rings is 2. The standard InChI is InChI=1S/C20H18N4O5S/c25-20(14-6-9-28-13-14)23-11-16-17(12-23)29-19-18(5-3-8-22-19)30(26,27)24(16)10-15-4-1-2-7-21-15/h1-9,13,16-17H,10-12H2/t16-,17+/m0/s1. The van der Waals surface area contributed by atoms with E-state index < -0.39 is 22.2 Å². The number of nitrogens with zero attached hydrogens (tertiary/aromatic N) is 4. The molecule has 10 heteroatoms. The van der Waals surface area contributed by atoms with E-state index >= 15 is 0 Å². The number of hydrogen-bond donors (Lipinski definition) is 0. The van der Waals surface area contributed by atoms with Gasteiger partial charge in [-0.1, -0.05) is 6.07 Å². The molecule has 3 aromatic heterocycles. The van der Waals surface area contributed by atoms with Crippen molar-refractivity contribution >= 4 is 15.9 Å². The maximum atomic E-state index is 13.5. The predicted molar refractivity (Wildman–Crippen MR) is 104 cm³/mol. The molecule has 5 rings (SSSR count). The van der Waals surface area contributed by atoms with E-state index in [9.17, 15) is 13.2 Å². The van der Waals surface area contributed by atoms with Crippen LogP contribution >= 0.6 is 0 Å². The van der Waals surface area contributed by atoms with Gasteiger partial charge in [-0.3, -0.25) is 9.78 Å². The molecule has 0 N–H and O–H groups in total. The predicted octanol–water partition coefficient (Wildman–Crippen LogP) is 1.55. The third-order valence-electron chi connectivity index (χ3n) is 5.29. The highest BCUT2D eigenvalue weighted by Gasteiger charge is 2.48. The fourth-order valence-corrected chi connectivity index (χ4v) is 5.53. The van der Waals surface area contributed by atoms with Crippen molar-refractivity contribution in [2.45, 2.75) is 23.6 Å². The molecule has 2 aliphatic heterocycles. The van der Waals surface area contributed by atoms with Crippen LogP contribution in [0, 0.1) is 0 Å². The first-order valence-corrected chi connectivity index (χ1v) is 10.8. The first-order chi connectivity index (χ1) is 14.5. The summed E-state index contributed by atoms with van der Waals surface area (Å²) in [6.45, 7) is 0.490. The Balaban J connectivity index is 1.55. The Morgan fingerprint density at radius 3 is 2.73 bits per heavy atom. The van der Waals surface area contributed by atoms with Crippen LogP contribution in [0.4, 0.5) is 0 Å². The van der Waals surface area contributed by atoms with Crippen molar-refractivity contribution in [1.82, 2.24) is 19.2 Å². The molecule has 9 nitrogen and oxygen atoms in total. The Hall–Kier alpha value is -3.24. The molecule has 3 aromatic rings. The summed E-state index contributed by atoms with van der Waals surface area (Å²) in [6, 6.07) is 9.39. The molecule has 30 heavy (non-hydrogen) atoms. The molecule has 1 amide bonds. The molecule has 0 unspecified atom stereocenters. The van der Waals surface area contributed by atoms with E-state index in [1.807, 2.05) is 0 Å². The van der Waals surface area contributed by atoms with Gasteiger partial charge in [0.25, 0.3) is 5.91 Å². The zero-order valence-electron chi connectivity index (χ0n) is 15.8. The molecule has 2 atom stereocenters. The third-order valence-corrected chi connectivity index (χ3v) is 7.18. The molecule has 0 saturated carbocycles. The quantitative estimate of drug-likeness (QED) is 0.625. The van der Waals surface area contributed by atoms with E-state index in [0.29, 0.717) is 11.3 Å². The highest BCUT2D eigenvalue weighted by atomic mass is 32.2. The maximum Gasteiger partial charge on any atom is 0.257 e. The first kappa shape index (κ1) is 18.8. The second kappa shape index (κ2) is 7.22. The minimum atomic E-state index is -3.93. The largest absolute Gasteiger partial charge is 0.472 e. The number of carbonyl (C=O) groups excluding carboxylic acids is 1. The number of carbonyl (C=O) groups is 1. The summed E-state index contributed by atoms with van der Waals surface area (Å²) in [5.41, 5.74) is 1.01. The van der Waals surface area contributed by atoms with Gasteiger partial charge in [0, 0.05) is 18.9 Å². The first-order valence-electron chi connectivity index (χ1n) is 9.39. The average molecular weight is 426 g/mol. The smallest absolute Gasteiger partial charge is 0.257 e.